The SMILES string of the molecule is C=S(=O)(Cc1cccc(C(=O)N2CCc3ccccc3C2)n1)c1cccc2ccccc12. The summed E-state index contributed by atoms with van der Waals surface area (Å²) in [6.45, 7) is 1.26. The average molecular weight is 441 g/mol. The molecule has 1 aromatic heterocycles. The Balaban J connectivity index is 1.40. The lowest BCUT2D eigenvalue weighted by Crippen LogP contribution is -2.36. The van der Waals surface area contributed by atoms with Crippen LogP contribution >= 0.6 is 0 Å². The molecular formula is C27H24N2O2S. The van der Waals surface area contributed by atoms with E-state index in [4.69, 9.17) is 0 Å². The summed E-state index contributed by atoms with van der Waals surface area (Å²) < 4.78 is 13.6. The van der Waals surface area contributed by atoms with E-state index in [1.54, 1.807) is 6.07 Å². The van der Waals surface area contributed by atoms with Crippen molar-refractivity contribution in [1.82, 2.24) is 9.88 Å². The molecule has 2 heterocycles. The van der Waals surface area contributed by atoms with E-state index < -0.39 is 9.52 Å². The largest absolute Gasteiger partial charge is 0.333 e. The van der Waals surface area contributed by atoms with E-state index in [1.807, 2.05) is 71.6 Å². The van der Waals surface area contributed by atoms with E-state index >= 15 is 0 Å². The average Bonchev–Trinajstić information content (AvgIpc) is 2.82. The molecule has 1 unspecified atom stereocenters. The molecule has 160 valence electrons. The van der Waals surface area contributed by atoms with Gasteiger partial charge in [0.15, 0.2) is 0 Å². The van der Waals surface area contributed by atoms with Crippen molar-refractivity contribution in [2.24, 2.45) is 0 Å². The van der Waals surface area contributed by atoms with Crippen molar-refractivity contribution in [3.8, 4) is 0 Å². The van der Waals surface area contributed by atoms with Crippen LogP contribution < -0.4 is 0 Å². The first-order valence-electron chi connectivity index (χ1n) is 10.7. The maximum Gasteiger partial charge on any atom is 0.272 e. The first kappa shape index (κ1) is 20.5. The monoisotopic (exact) mass is 440 g/mol. The molecule has 4 aromatic rings. The van der Waals surface area contributed by atoms with E-state index in [0.717, 1.165) is 22.1 Å². The van der Waals surface area contributed by atoms with Crippen molar-refractivity contribution < 1.29 is 9.00 Å². The summed E-state index contributed by atoms with van der Waals surface area (Å²) in [7, 11) is -2.63. The molecule has 1 atom stereocenters. The summed E-state index contributed by atoms with van der Waals surface area (Å²) in [5.41, 5.74) is 3.47. The number of carbonyl (C=O) groups excluding carboxylic acids is 1. The minimum absolute atomic E-state index is 0.0953. The summed E-state index contributed by atoms with van der Waals surface area (Å²) >= 11 is 0. The van der Waals surface area contributed by atoms with Gasteiger partial charge in [-0.05, 0) is 52.4 Å². The Kier molecular flexibility index (Phi) is 5.27. The fraction of sp³-hybridized carbons (Fsp3) is 0.148. The molecule has 0 N–H and O–H groups in total. The molecule has 5 heteroatoms. The van der Waals surface area contributed by atoms with Gasteiger partial charge in [-0.25, -0.2) is 4.98 Å². The second-order valence-electron chi connectivity index (χ2n) is 8.19. The number of hydrogen-bond acceptors (Lipinski definition) is 3. The minimum Gasteiger partial charge on any atom is -0.333 e. The summed E-state index contributed by atoms with van der Waals surface area (Å²) in [5, 5.41) is 1.97. The van der Waals surface area contributed by atoms with Crippen LogP contribution in [0.4, 0.5) is 0 Å². The van der Waals surface area contributed by atoms with Crippen LogP contribution in [0.25, 0.3) is 10.8 Å². The Morgan fingerprint density at radius 3 is 2.50 bits per heavy atom. The van der Waals surface area contributed by atoms with E-state index in [-0.39, 0.29) is 11.7 Å². The summed E-state index contributed by atoms with van der Waals surface area (Å²) in [4.78, 5) is 20.3. The minimum atomic E-state index is -2.63. The molecule has 3 aromatic carbocycles. The summed E-state index contributed by atoms with van der Waals surface area (Å²) in [5.74, 6) is 4.16. The number of carbonyl (C=O) groups is 1. The maximum absolute atomic E-state index is 13.6. The van der Waals surface area contributed by atoms with Crippen LogP contribution in [0.15, 0.2) is 89.8 Å². The smallest absolute Gasteiger partial charge is 0.272 e. The number of hydrogen-bond donors (Lipinski definition) is 0. The Morgan fingerprint density at radius 1 is 0.906 bits per heavy atom. The van der Waals surface area contributed by atoms with Crippen molar-refractivity contribution in [3.63, 3.8) is 0 Å². The molecule has 0 bridgehead atoms. The van der Waals surface area contributed by atoms with Gasteiger partial charge < -0.3 is 4.90 Å². The zero-order valence-electron chi connectivity index (χ0n) is 17.7. The molecule has 0 spiro atoms. The number of benzene rings is 3. The Bertz CT molecular complexity index is 1420. The molecule has 0 saturated carbocycles. The van der Waals surface area contributed by atoms with Gasteiger partial charge in [-0.15, -0.1) is 0 Å². The van der Waals surface area contributed by atoms with Crippen molar-refractivity contribution in [1.29, 1.82) is 0 Å². The molecule has 0 aliphatic carbocycles. The number of amides is 1. The quantitative estimate of drug-likeness (QED) is 0.432. The summed E-state index contributed by atoms with van der Waals surface area (Å²) in [6, 6.07) is 27.2. The molecule has 1 aliphatic heterocycles. The van der Waals surface area contributed by atoms with Gasteiger partial charge in [0.05, 0.1) is 11.4 Å². The van der Waals surface area contributed by atoms with Gasteiger partial charge in [0, 0.05) is 27.5 Å². The van der Waals surface area contributed by atoms with E-state index in [1.165, 1.54) is 11.1 Å². The van der Waals surface area contributed by atoms with Gasteiger partial charge in [0.2, 0.25) is 0 Å². The van der Waals surface area contributed by atoms with Gasteiger partial charge in [0.1, 0.15) is 5.69 Å². The maximum atomic E-state index is 13.6. The third-order valence-electron chi connectivity index (χ3n) is 5.98. The van der Waals surface area contributed by atoms with Crippen LogP contribution in [-0.4, -0.2) is 32.4 Å². The number of rotatable bonds is 4. The fourth-order valence-electron chi connectivity index (χ4n) is 4.35. The van der Waals surface area contributed by atoms with Crippen LogP contribution in [0, 0.1) is 0 Å². The Labute approximate surface area is 188 Å². The number of aromatic nitrogens is 1. The van der Waals surface area contributed by atoms with E-state index in [0.29, 0.717) is 24.5 Å². The molecule has 5 rings (SSSR count). The zero-order chi connectivity index (χ0) is 22.1. The molecule has 4 nitrogen and oxygen atoms in total. The van der Waals surface area contributed by atoms with Gasteiger partial charge in [-0.2, -0.15) is 0 Å². The Morgan fingerprint density at radius 2 is 1.62 bits per heavy atom. The lowest BCUT2D eigenvalue weighted by atomic mass is 10.00. The lowest BCUT2D eigenvalue weighted by molar-refractivity contribution is 0.0728. The van der Waals surface area contributed by atoms with Crippen molar-refractivity contribution in [3.05, 3.63) is 107 Å². The second-order valence-corrected chi connectivity index (χ2v) is 10.5. The van der Waals surface area contributed by atoms with Gasteiger partial charge in [0.25, 0.3) is 5.91 Å². The molecule has 0 radical (unpaired) electrons. The first-order chi connectivity index (χ1) is 15.5. The number of pyridine rings is 1. The molecule has 1 amide bonds. The second kappa shape index (κ2) is 8.24. The fourth-order valence-corrected chi connectivity index (χ4v) is 6.05. The predicted molar refractivity (Wildman–Crippen MR) is 130 cm³/mol. The third kappa shape index (κ3) is 3.92. The van der Waals surface area contributed by atoms with Crippen LogP contribution in [0.1, 0.15) is 27.3 Å². The third-order valence-corrected chi connectivity index (χ3v) is 7.89. The molecular weight excluding hydrogens is 416 g/mol. The normalized spacial score (nSPS) is 15.2. The zero-order valence-corrected chi connectivity index (χ0v) is 18.6. The first-order valence-corrected chi connectivity index (χ1v) is 12.6. The lowest BCUT2D eigenvalue weighted by Gasteiger charge is -2.28. The highest BCUT2D eigenvalue weighted by Crippen LogP contribution is 2.26. The highest BCUT2D eigenvalue weighted by molar-refractivity contribution is 7.99. The highest BCUT2D eigenvalue weighted by atomic mass is 32.2. The van der Waals surface area contributed by atoms with Crippen LogP contribution in [0.5, 0.6) is 0 Å². The van der Waals surface area contributed by atoms with E-state index in [2.05, 4.69) is 23.0 Å². The van der Waals surface area contributed by atoms with Crippen molar-refractivity contribution in [2.45, 2.75) is 23.6 Å². The molecule has 1 aliphatic rings. The standard InChI is InChI=1S/C27H24N2O2S/c1-32(31,26-15-6-11-21-9-4-5-13-24(21)26)19-23-12-7-14-25(28-23)27(30)29-17-16-20-8-2-3-10-22(20)18-29/h2-15H,1,16-19H2. The molecule has 32 heavy (non-hydrogen) atoms. The Hall–Kier alpha value is -3.44. The predicted octanol–water partition coefficient (Wildman–Crippen LogP) is 4.71. The van der Waals surface area contributed by atoms with Crippen LogP contribution in [0.2, 0.25) is 0 Å². The number of nitrogens with zero attached hydrogens (tertiary/aromatic N) is 2. The van der Waals surface area contributed by atoms with Gasteiger partial charge in [-0.1, -0.05) is 66.7 Å². The van der Waals surface area contributed by atoms with Crippen LogP contribution in [-0.2, 0) is 28.2 Å². The van der Waals surface area contributed by atoms with Crippen LogP contribution in [0.3, 0.4) is 0 Å². The van der Waals surface area contributed by atoms with Crippen molar-refractivity contribution >= 4 is 32.1 Å². The topological polar surface area (TPSA) is 50.3 Å². The van der Waals surface area contributed by atoms with Gasteiger partial charge in [-0.3, -0.25) is 9.00 Å². The molecule has 0 saturated heterocycles. The summed E-state index contributed by atoms with van der Waals surface area (Å²) in [6.07, 6.45) is 0.843. The molecule has 0 fully saturated rings. The van der Waals surface area contributed by atoms with E-state index in [9.17, 15) is 9.00 Å². The van der Waals surface area contributed by atoms with Crippen molar-refractivity contribution in [2.75, 3.05) is 6.54 Å². The number of fused-ring (bicyclic) bond motifs is 2. The highest BCUT2D eigenvalue weighted by Gasteiger charge is 2.23. The van der Waals surface area contributed by atoms with Gasteiger partial charge >= 0.3 is 0 Å².